The molecule has 0 saturated heterocycles. The van der Waals surface area contributed by atoms with Gasteiger partial charge in [0.2, 0.25) is 0 Å². The molecule has 0 radical (unpaired) electrons. The molecule has 23 heavy (non-hydrogen) atoms. The summed E-state index contributed by atoms with van der Waals surface area (Å²) < 4.78 is 2.56. The van der Waals surface area contributed by atoms with Gasteiger partial charge in [-0.15, -0.1) is 4.31 Å². The minimum atomic E-state index is -0.0562. The molecule has 0 aromatic heterocycles. The lowest BCUT2D eigenvalue weighted by atomic mass is 10.2. The summed E-state index contributed by atoms with van der Waals surface area (Å²) in [5.74, 6) is 0. The van der Waals surface area contributed by atoms with Crippen molar-refractivity contribution in [2.75, 3.05) is 6.54 Å². The molecule has 0 saturated carbocycles. The molecule has 3 aromatic rings. The van der Waals surface area contributed by atoms with Crippen LogP contribution < -0.4 is 0 Å². The third-order valence-corrected chi connectivity index (χ3v) is 6.09. The zero-order valence-corrected chi connectivity index (χ0v) is 14.2. The number of nitrogens with zero attached hydrogens (tertiary/aromatic N) is 1. The molecule has 0 heterocycles. The fourth-order valence-corrected chi connectivity index (χ4v) is 4.86. The third kappa shape index (κ3) is 4.04. The number of hydrogen-bond donors (Lipinski definition) is 0. The number of benzene rings is 3. The van der Waals surface area contributed by atoms with Crippen molar-refractivity contribution in [2.24, 2.45) is 0 Å². The Morgan fingerprint density at radius 3 is 1.52 bits per heavy atom. The molecule has 2 heteroatoms. The van der Waals surface area contributed by atoms with Crippen LogP contribution in [0.1, 0.15) is 12.5 Å². The molecule has 116 valence electrons. The van der Waals surface area contributed by atoms with Crippen LogP contribution in [0, 0.1) is 0 Å². The van der Waals surface area contributed by atoms with Crippen LogP contribution in [0.5, 0.6) is 0 Å². The lowest BCUT2D eigenvalue weighted by Crippen LogP contribution is -2.31. The fraction of sp³-hybridized carbons (Fsp3) is 0.143. The van der Waals surface area contributed by atoms with Crippen LogP contribution in [0.2, 0.25) is 0 Å². The Morgan fingerprint density at radius 1 is 0.652 bits per heavy atom. The minimum absolute atomic E-state index is 0.0562. The summed E-state index contributed by atoms with van der Waals surface area (Å²) in [7, 11) is 0. The number of hydrogen-bond acceptors (Lipinski definition) is 1. The molecule has 0 atom stereocenters. The first-order chi connectivity index (χ1) is 11.4. The van der Waals surface area contributed by atoms with E-state index in [9.17, 15) is 0 Å². The van der Waals surface area contributed by atoms with E-state index in [1.54, 1.807) is 0 Å². The summed E-state index contributed by atoms with van der Waals surface area (Å²) in [6.07, 6.45) is 0. The van der Waals surface area contributed by atoms with E-state index >= 15 is 0 Å². The summed E-state index contributed by atoms with van der Waals surface area (Å²) in [6, 6.07) is 32.4. The van der Waals surface area contributed by atoms with Crippen LogP contribution in [0.3, 0.4) is 0 Å². The molecule has 0 spiro atoms. The van der Waals surface area contributed by atoms with Crippen LogP contribution in [-0.2, 0) is 17.6 Å². The van der Waals surface area contributed by atoms with Gasteiger partial charge >= 0.3 is 0 Å². The Balaban J connectivity index is 1.96. The van der Waals surface area contributed by atoms with Crippen LogP contribution >= 0.6 is 0 Å². The van der Waals surface area contributed by atoms with Crippen molar-refractivity contribution in [3.8, 4) is 0 Å². The molecule has 3 rings (SSSR count). The monoisotopic (exact) mass is 320 g/mol. The van der Waals surface area contributed by atoms with Crippen molar-refractivity contribution in [3.05, 3.63) is 96.6 Å². The molecule has 0 bridgehead atoms. The smallest absolute Gasteiger partial charge is 0.112 e. The molecular formula is C21H22NS+. The average molecular weight is 320 g/mol. The molecular weight excluding hydrogens is 298 g/mol. The second kappa shape index (κ2) is 8.00. The van der Waals surface area contributed by atoms with Gasteiger partial charge in [-0.05, 0) is 36.8 Å². The van der Waals surface area contributed by atoms with Gasteiger partial charge in [0.1, 0.15) is 0 Å². The SMILES string of the molecule is CCN(Cc1ccccc1)[S+](c1ccccc1)c1ccccc1. The van der Waals surface area contributed by atoms with Gasteiger partial charge in [0.15, 0.2) is 20.9 Å². The van der Waals surface area contributed by atoms with E-state index in [0.717, 1.165) is 13.1 Å². The van der Waals surface area contributed by atoms with Crippen molar-refractivity contribution >= 4 is 11.1 Å². The summed E-state index contributed by atoms with van der Waals surface area (Å²) in [5, 5.41) is 0. The van der Waals surface area contributed by atoms with E-state index in [1.165, 1.54) is 15.4 Å². The van der Waals surface area contributed by atoms with E-state index in [4.69, 9.17) is 0 Å². The van der Waals surface area contributed by atoms with Crippen molar-refractivity contribution in [1.82, 2.24) is 4.31 Å². The van der Waals surface area contributed by atoms with Crippen LogP contribution in [-0.4, -0.2) is 10.8 Å². The lowest BCUT2D eigenvalue weighted by molar-refractivity contribution is 0.481. The summed E-state index contributed by atoms with van der Waals surface area (Å²) in [5.41, 5.74) is 1.36. The topological polar surface area (TPSA) is 3.24 Å². The maximum atomic E-state index is 2.56. The van der Waals surface area contributed by atoms with Crippen molar-refractivity contribution in [3.63, 3.8) is 0 Å². The number of rotatable bonds is 6. The Hall–Kier alpha value is -2.03. The molecule has 0 unspecified atom stereocenters. The van der Waals surface area contributed by atoms with Crippen LogP contribution in [0.15, 0.2) is 101 Å². The molecule has 0 aliphatic heterocycles. The van der Waals surface area contributed by atoms with E-state index in [2.05, 4.69) is 102 Å². The summed E-state index contributed by atoms with van der Waals surface area (Å²) >= 11 is -0.0562. The van der Waals surface area contributed by atoms with Gasteiger partial charge in [-0.3, -0.25) is 0 Å². The van der Waals surface area contributed by atoms with Crippen molar-refractivity contribution in [2.45, 2.75) is 23.3 Å². The van der Waals surface area contributed by atoms with E-state index in [-0.39, 0.29) is 11.1 Å². The van der Waals surface area contributed by atoms with Crippen molar-refractivity contribution < 1.29 is 0 Å². The highest BCUT2D eigenvalue weighted by molar-refractivity contribution is 7.94. The van der Waals surface area contributed by atoms with Crippen molar-refractivity contribution in [1.29, 1.82) is 0 Å². The summed E-state index contributed by atoms with van der Waals surface area (Å²) in [6.45, 7) is 4.22. The lowest BCUT2D eigenvalue weighted by Gasteiger charge is -2.20. The standard InChI is InChI=1S/C21H22NS/c1-2-22(18-19-12-6-3-7-13-19)23(20-14-8-4-9-15-20)21-16-10-5-11-17-21/h3-17H,2,18H2,1H3/q+1. The molecule has 1 nitrogen and oxygen atoms in total. The van der Waals surface area contributed by atoms with Crippen LogP contribution in [0.25, 0.3) is 0 Å². The first-order valence-electron chi connectivity index (χ1n) is 8.02. The van der Waals surface area contributed by atoms with Gasteiger partial charge in [-0.2, -0.15) is 0 Å². The van der Waals surface area contributed by atoms with Gasteiger partial charge < -0.3 is 0 Å². The minimum Gasteiger partial charge on any atom is -0.112 e. The summed E-state index contributed by atoms with van der Waals surface area (Å²) in [4.78, 5) is 2.74. The second-order valence-corrected chi connectivity index (χ2v) is 7.38. The third-order valence-electron chi connectivity index (χ3n) is 3.75. The molecule has 0 N–H and O–H groups in total. The predicted molar refractivity (Wildman–Crippen MR) is 99.3 cm³/mol. The Labute approximate surface area is 142 Å². The Bertz CT molecular complexity index is 658. The first-order valence-corrected chi connectivity index (χ1v) is 9.20. The quantitative estimate of drug-likeness (QED) is 0.567. The zero-order chi connectivity index (χ0) is 15.9. The van der Waals surface area contributed by atoms with Gasteiger partial charge in [-0.1, -0.05) is 66.7 Å². The zero-order valence-electron chi connectivity index (χ0n) is 13.4. The largest absolute Gasteiger partial charge is 0.182 e. The second-order valence-electron chi connectivity index (χ2n) is 5.35. The van der Waals surface area contributed by atoms with Gasteiger partial charge in [0, 0.05) is 6.54 Å². The maximum Gasteiger partial charge on any atom is 0.182 e. The Kier molecular flexibility index (Phi) is 5.51. The highest BCUT2D eigenvalue weighted by Gasteiger charge is 2.32. The van der Waals surface area contributed by atoms with E-state index in [1.807, 2.05) is 0 Å². The van der Waals surface area contributed by atoms with Gasteiger partial charge in [-0.25, -0.2) is 0 Å². The van der Waals surface area contributed by atoms with E-state index < -0.39 is 0 Å². The highest BCUT2D eigenvalue weighted by Crippen LogP contribution is 2.28. The first kappa shape index (κ1) is 15.9. The average Bonchev–Trinajstić information content (AvgIpc) is 2.64. The highest BCUT2D eigenvalue weighted by atomic mass is 32.2. The molecule has 0 aliphatic carbocycles. The molecule has 0 amide bonds. The van der Waals surface area contributed by atoms with Gasteiger partial charge in [0.25, 0.3) is 0 Å². The fourth-order valence-electron chi connectivity index (χ4n) is 2.63. The van der Waals surface area contributed by atoms with Gasteiger partial charge in [0.05, 0.1) is 6.54 Å². The van der Waals surface area contributed by atoms with Crippen LogP contribution in [0.4, 0.5) is 0 Å². The molecule has 0 aliphatic rings. The normalized spacial score (nSPS) is 11.1. The molecule has 3 aromatic carbocycles. The van der Waals surface area contributed by atoms with E-state index in [0.29, 0.717) is 0 Å². The predicted octanol–water partition coefficient (Wildman–Crippen LogP) is 5.16. The maximum absolute atomic E-state index is 2.56. The molecule has 0 fully saturated rings. The Morgan fingerprint density at radius 2 is 1.09 bits per heavy atom.